The van der Waals surface area contributed by atoms with Crippen LogP contribution < -0.4 is 0 Å². The molecule has 0 saturated carbocycles. The number of aliphatic carboxylic acids is 1. The number of benzene rings is 2. The first-order valence-electron chi connectivity index (χ1n) is 6.23. The average molecular weight is 372 g/mol. The minimum atomic E-state index is -0.833. The Kier molecular flexibility index (Phi) is 7.43. The highest BCUT2D eigenvalue weighted by molar-refractivity contribution is 9.09. The number of carbonyl (C=O) groups is 1. The quantitative estimate of drug-likeness (QED) is 0.786. The van der Waals surface area contributed by atoms with Gasteiger partial charge in [-0.3, -0.25) is 4.79 Å². The Morgan fingerprint density at radius 2 is 1.81 bits per heavy atom. The molecule has 0 heterocycles. The van der Waals surface area contributed by atoms with E-state index in [0.717, 1.165) is 23.6 Å². The lowest BCUT2D eigenvalue weighted by atomic mass is 10.00. The van der Waals surface area contributed by atoms with E-state index in [1.165, 1.54) is 0 Å². The maximum atomic E-state index is 9.34. The van der Waals surface area contributed by atoms with Gasteiger partial charge in [0.1, 0.15) is 0 Å². The van der Waals surface area contributed by atoms with Crippen LogP contribution in [0.1, 0.15) is 28.4 Å². The maximum absolute atomic E-state index is 9.34. The van der Waals surface area contributed by atoms with Gasteiger partial charge in [0.25, 0.3) is 5.97 Å². The van der Waals surface area contributed by atoms with Crippen molar-refractivity contribution < 1.29 is 15.0 Å². The zero-order valence-electron chi connectivity index (χ0n) is 11.5. The molecule has 0 fully saturated rings. The first-order valence-corrected chi connectivity index (χ1v) is 7.52. The topological polar surface area (TPSA) is 57.5 Å². The molecule has 0 bridgehead atoms. The van der Waals surface area contributed by atoms with Crippen LogP contribution in [0, 0.1) is 0 Å². The molecule has 0 aliphatic heterocycles. The van der Waals surface area contributed by atoms with Gasteiger partial charge in [0, 0.05) is 11.9 Å². The van der Waals surface area contributed by atoms with Crippen LogP contribution in [0.3, 0.4) is 0 Å². The van der Waals surface area contributed by atoms with Gasteiger partial charge in [-0.2, -0.15) is 0 Å². The molecule has 0 amide bonds. The summed E-state index contributed by atoms with van der Waals surface area (Å²) >= 11 is 9.65. The van der Waals surface area contributed by atoms with E-state index >= 15 is 0 Å². The first kappa shape index (κ1) is 17.7. The van der Waals surface area contributed by atoms with Crippen LogP contribution in [0.4, 0.5) is 0 Å². The number of halogens is 2. The Morgan fingerprint density at radius 3 is 2.33 bits per heavy atom. The van der Waals surface area contributed by atoms with Gasteiger partial charge in [-0.05, 0) is 28.8 Å². The zero-order chi connectivity index (χ0) is 15.8. The summed E-state index contributed by atoms with van der Waals surface area (Å²) in [6, 6.07) is 15.6. The van der Waals surface area contributed by atoms with Gasteiger partial charge in [-0.25, -0.2) is 0 Å². The molecule has 0 radical (unpaired) electrons. The molecule has 112 valence electrons. The molecule has 3 nitrogen and oxygen atoms in total. The Morgan fingerprint density at radius 1 is 1.24 bits per heavy atom. The molecule has 1 unspecified atom stereocenters. The fourth-order valence-corrected chi connectivity index (χ4v) is 2.66. The predicted octanol–water partition coefficient (Wildman–Crippen LogP) is 4.41. The van der Waals surface area contributed by atoms with Crippen LogP contribution in [0.25, 0.3) is 0 Å². The summed E-state index contributed by atoms with van der Waals surface area (Å²) in [6.07, 6.45) is 0. The number of alkyl halides is 1. The van der Waals surface area contributed by atoms with Crippen molar-refractivity contribution in [2.75, 3.05) is 0 Å². The lowest BCUT2D eigenvalue weighted by Gasteiger charge is -2.14. The summed E-state index contributed by atoms with van der Waals surface area (Å²) in [5, 5.41) is 17.4. The Hall–Kier alpha value is -1.36. The molecule has 2 aromatic rings. The minimum Gasteiger partial charge on any atom is -0.481 e. The SMILES string of the molecule is CC(=O)O.OCc1ccc(Cl)cc1C(Br)c1ccccc1. The zero-order valence-corrected chi connectivity index (χ0v) is 13.8. The lowest BCUT2D eigenvalue weighted by molar-refractivity contribution is -0.134. The largest absolute Gasteiger partial charge is 0.481 e. The number of hydrogen-bond donors (Lipinski definition) is 2. The average Bonchev–Trinajstić information content (AvgIpc) is 2.47. The normalized spacial score (nSPS) is 11.2. The van der Waals surface area contributed by atoms with E-state index in [0.29, 0.717) is 5.02 Å². The van der Waals surface area contributed by atoms with Gasteiger partial charge in [0.05, 0.1) is 11.4 Å². The second kappa shape index (κ2) is 8.82. The summed E-state index contributed by atoms with van der Waals surface area (Å²) in [5.74, 6) is -0.833. The van der Waals surface area contributed by atoms with Crippen molar-refractivity contribution in [2.24, 2.45) is 0 Å². The van der Waals surface area contributed by atoms with E-state index in [2.05, 4.69) is 15.9 Å². The standard InChI is InChI=1S/C14H12BrClO.C2H4O2/c15-14(10-4-2-1-3-5-10)13-8-12(16)7-6-11(13)9-17;1-2(3)4/h1-8,14,17H,9H2;1H3,(H,3,4). The van der Waals surface area contributed by atoms with E-state index in [-0.39, 0.29) is 11.4 Å². The van der Waals surface area contributed by atoms with Crippen molar-refractivity contribution >= 4 is 33.5 Å². The van der Waals surface area contributed by atoms with E-state index in [1.807, 2.05) is 42.5 Å². The summed E-state index contributed by atoms with van der Waals surface area (Å²) in [6.45, 7) is 1.10. The van der Waals surface area contributed by atoms with Crippen molar-refractivity contribution in [3.63, 3.8) is 0 Å². The Bertz CT molecular complexity index is 583. The molecular weight excluding hydrogens is 356 g/mol. The van der Waals surface area contributed by atoms with E-state index in [4.69, 9.17) is 21.5 Å². The maximum Gasteiger partial charge on any atom is 0.300 e. The smallest absolute Gasteiger partial charge is 0.300 e. The highest BCUT2D eigenvalue weighted by atomic mass is 79.9. The Balaban J connectivity index is 0.000000491. The third kappa shape index (κ3) is 5.87. The Labute approximate surface area is 137 Å². The second-order valence-electron chi connectivity index (χ2n) is 4.29. The number of hydrogen-bond acceptors (Lipinski definition) is 2. The van der Waals surface area contributed by atoms with Crippen LogP contribution >= 0.6 is 27.5 Å². The third-order valence-electron chi connectivity index (χ3n) is 2.64. The molecule has 2 aromatic carbocycles. The summed E-state index contributed by atoms with van der Waals surface area (Å²) in [5.41, 5.74) is 3.04. The third-order valence-corrected chi connectivity index (χ3v) is 3.90. The summed E-state index contributed by atoms with van der Waals surface area (Å²) in [4.78, 5) is 9.05. The summed E-state index contributed by atoms with van der Waals surface area (Å²) < 4.78 is 0. The number of rotatable bonds is 3. The van der Waals surface area contributed by atoms with Crippen molar-refractivity contribution in [2.45, 2.75) is 18.4 Å². The van der Waals surface area contributed by atoms with Crippen LogP contribution in [0.2, 0.25) is 5.02 Å². The number of aliphatic hydroxyl groups excluding tert-OH is 1. The second-order valence-corrected chi connectivity index (χ2v) is 5.65. The van der Waals surface area contributed by atoms with Gasteiger partial charge in [-0.1, -0.05) is 63.9 Å². The minimum absolute atomic E-state index is 0.0153. The molecule has 2 rings (SSSR count). The number of carboxylic acids is 1. The van der Waals surface area contributed by atoms with Crippen LogP contribution in [0.15, 0.2) is 48.5 Å². The van der Waals surface area contributed by atoms with Crippen LogP contribution in [0.5, 0.6) is 0 Å². The monoisotopic (exact) mass is 370 g/mol. The van der Waals surface area contributed by atoms with Crippen molar-refractivity contribution in [3.05, 3.63) is 70.2 Å². The lowest BCUT2D eigenvalue weighted by Crippen LogP contribution is -1.98. The molecule has 0 aromatic heterocycles. The van der Waals surface area contributed by atoms with Crippen molar-refractivity contribution in [1.29, 1.82) is 0 Å². The number of aliphatic hydroxyl groups is 1. The molecule has 0 aliphatic rings. The van der Waals surface area contributed by atoms with Gasteiger partial charge in [0.15, 0.2) is 0 Å². The molecule has 2 N–H and O–H groups in total. The van der Waals surface area contributed by atoms with Crippen LogP contribution in [-0.2, 0) is 11.4 Å². The molecule has 0 spiro atoms. The van der Waals surface area contributed by atoms with Gasteiger partial charge < -0.3 is 10.2 Å². The van der Waals surface area contributed by atoms with Gasteiger partial charge in [-0.15, -0.1) is 0 Å². The van der Waals surface area contributed by atoms with Crippen molar-refractivity contribution in [1.82, 2.24) is 0 Å². The first-order chi connectivity index (χ1) is 9.95. The highest BCUT2D eigenvalue weighted by Gasteiger charge is 2.14. The fourth-order valence-electron chi connectivity index (χ4n) is 1.75. The molecule has 21 heavy (non-hydrogen) atoms. The summed E-state index contributed by atoms with van der Waals surface area (Å²) in [7, 11) is 0. The van der Waals surface area contributed by atoms with Gasteiger partial charge >= 0.3 is 0 Å². The molecule has 1 atom stereocenters. The predicted molar refractivity (Wildman–Crippen MR) is 87.9 cm³/mol. The van der Waals surface area contributed by atoms with E-state index in [1.54, 1.807) is 6.07 Å². The fraction of sp³-hybridized carbons (Fsp3) is 0.188. The number of carboxylic acid groups (broad SMARTS) is 1. The van der Waals surface area contributed by atoms with E-state index < -0.39 is 5.97 Å². The van der Waals surface area contributed by atoms with Crippen molar-refractivity contribution in [3.8, 4) is 0 Å². The van der Waals surface area contributed by atoms with Crippen LogP contribution in [-0.4, -0.2) is 16.2 Å². The molecule has 0 saturated heterocycles. The van der Waals surface area contributed by atoms with Gasteiger partial charge in [0.2, 0.25) is 0 Å². The molecule has 0 aliphatic carbocycles. The molecular formula is C16H16BrClO3. The highest BCUT2D eigenvalue weighted by Crippen LogP contribution is 2.34. The molecule has 5 heteroatoms. The van der Waals surface area contributed by atoms with E-state index in [9.17, 15) is 5.11 Å².